The first-order valence-corrected chi connectivity index (χ1v) is 9.47. The molecule has 5 rings (SSSR count). The first kappa shape index (κ1) is 17.8. The third-order valence-corrected chi connectivity index (χ3v) is 4.98. The van der Waals surface area contributed by atoms with E-state index >= 15 is 0 Å². The maximum atomic E-state index is 12.6. The largest absolute Gasteiger partial charge is 0.397 e. The lowest BCUT2D eigenvalue weighted by atomic mass is 10.0. The number of rotatable bonds is 4. The number of amides is 1. The van der Waals surface area contributed by atoms with Gasteiger partial charge >= 0.3 is 0 Å². The lowest BCUT2D eigenvalue weighted by Gasteiger charge is -2.06. The van der Waals surface area contributed by atoms with Crippen molar-refractivity contribution in [3.63, 3.8) is 0 Å². The van der Waals surface area contributed by atoms with Gasteiger partial charge in [0.05, 0.1) is 23.0 Å². The zero-order chi connectivity index (χ0) is 20.5. The van der Waals surface area contributed by atoms with E-state index in [0.29, 0.717) is 17.8 Å². The highest BCUT2D eigenvalue weighted by Crippen LogP contribution is 2.30. The monoisotopic (exact) mass is 394 g/mol. The molecule has 0 saturated heterocycles. The van der Waals surface area contributed by atoms with Crippen LogP contribution in [0.5, 0.6) is 0 Å². The Labute approximate surface area is 172 Å². The molecule has 0 radical (unpaired) electrons. The number of H-pyrrole nitrogens is 1. The van der Waals surface area contributed by atoms with Crippen LogP contribution < -0.4 is 11.1 Å². The molecule has 0 aliphatic carbocycles. The predicted molar refractivity (Wildman–Crippen MR) is 117 cm³/mol. The SMILES string of the molecule is Nc1cnc2ccc(-c3c[nH]c4ncc(C(=O)NCc5cccnc5)cc34)cc2c1. The summed E-state index contributed by atoms with van der Waals surface area (Å²) < 4.78 is 0. The van der Waals surface area contributed by atoms with Crippen LogP contribution >= 0.6 is 0 Å². The van der Waals surface area contributed by atoms with Crippen LogP contribution in [0.15, 0.2) is 73.4 Å². The average molecular weight is 394 g/mol. The van der Waals surface area contributed by atoms with Crippen LogP contribution in [0, 0.1) is 0 Å². The van der Waals surface area contributed by atoms with Gasteiger partial charge in [-0.2, -0.15) is 0 Å². The molecule has 1 amide bonds. The summed E-state index contributed by atoms with van der Waals surface area (Å²) >= 11 is 0. The Bertz CT molecular complexity index is 1380. The van der Waals surface area contributed by atoms with E-state index in [1.165, 1.54) is 0 Å². The van der Waals surface area contributed by atoms with Crippen molar-refractivity contribution < 1.29 is 4.79 Å². The molecule has 0 aliphatic heterocycles. The molecule has 146 valence electrons. The summed E-state index contributed by atoms with van der Waals surface area (Å²) in [6, 6.07) is 13.5. The van der Waals surface area contributed by atoms with Crippen LogP contribution in [0.2, 0.25) is 0 Å². The van der Waals surface area contributed by atoms with E-state index < -0.39 is 0 Å². The third-order valence-electron chi connectivity index (χ3n) is 4.98. The van der Waals surface area contributed by atoms with Crippen LogP contribution in [0.25, 0.3) is 33.1 Å². The number of carbonyl (C=O) groups excluding carboxylic acids is 1. The number of pyridine rings is 3. The predicted octanol–water partition coefficient (Wildman–Crippen LogP) is 3.69. The summed E-state index contributed by atoms with van der Waals surface area (Å²) in [7, 11) is 0. The Morgan fingerprint density at radius 1 is 1.07 bits per heavy atom. The van der Waals surface area contributed by atoms with Crippen molar-refractivity contribution >= 4 is 33.5 Å². The molecule has 4 N–H and O–H groups in total. The molecule has 0 bridgehead atoms. The van der Waals surface area contributed by atoms with Gasteiger partial charge in [0, 0.05) is 47.7 Å². The molecule has 4 heterocycles. The molecular formula is C23H18N6O. The van der Waals surface area contributed by atoms with Crippen molar-refractivity contribution in [3.05, 3.63) is 84.6 Å². The van der Waals surface area contributed by atoms with Crippen molar-refractivity contribution in [2.45, 2.75) is 6.54 Å². The van der Waals surface area contributed by atoms with Gasteiger partial charge < -0.3 is 16.0 Å². The highest BCUT2D eigenvalue weighted by molar-refractivity contribution is 6.02. The third kappa shape index (κ3) is 3.33. The zero-order valence-corrected chi connectivity index (χ0v) is 16.0. The van der Waals surface area contributed by atoms with Crippen LogP contribution in [0.1, 0.15) is 15.9 Å². The second kappa shape index (κ2) is 7.29. The number of benzene rings is 1. The molecule has 4 aromatic heterocycles. The Balaban J connectivity index is 1.48. The summed E-state index contributed by atoms with van der Waals surface area (Å²) in [4.78, 5) is 28.6. The molecule has 7 nitrogen and oxygen atoms in total. The molecule has 7 heteroatoms. The first-order valence-electron chi connectivity index (χ1n) is 9.47. The van der Waals surface area contributed by atoms with E-state index in [1.54, 1.807) is 24.8 Å². The van der Waals surface area contributed by atoms with Gasteiger partial charge in [0.2, 0.25) is 0 Å². The number of aromatic nitrogens is 4. The molecular weight excluding hydrogens is 376 g/mol. The summed E-state index contributed by atoms with van der Waals surface area (Å²) in [5, 5.41) is 4.74. The lowest BCUT2D eigenvalue weighted by Crippen LogP contribution is -2.22. The quantitative estimate of drug-likeness (QED) is 0.431. The maximum Gasteiger partial charge on any atom is 0.253 e. The van der Waals surface area contributed by atoms with Gasteiger partial charge in [-0.15, -0.1) is 0 Å². The van der Waals surface area contributed by atoms with Crippen LogP contribution in [0.3, 0.4) is 0 Å². The Hall–Kier alpha value is -4.26. The number of hydrogen-bond acceptors (Lipinski definition) is 5. The summed E-state index contributed by atoms with van der Waals surface area (Å²) in [5.41, 5.74) is 11.5. The van der Waals surface area contributed by atoms with E-state index in [2.05, 4.69) is 25.3 Å². The molecule has 1 aromatic carbocycles. The molecule has 0 spiro atoms. The molecule has 5 aromatic rings. The van der Waals surface area contributed by atoms with Crippen molar-refractivity contribution in [1.82, 2.24) is 25.3 Å². The second-order valence-electron chi connectivity index (χ2n) is 7.04. The number of nitrogen functional groups attached to an aromatic ring is 1. The van der Waals surface area contributed by atoms with Crippen LogP contribution in [-0.2, 0) is 6.54 Å². The molecule has 0 saturated carbocycles. The Kier molecular flexibility index (Phi) is 4.33. The van der Waals surface area contributed by atoms with E-state index in [9.17, 15) is 4.79 Å². The number of anilines is 1. The molecule has 30 heavy (non-hydrogen) atoms. The van der Waals surface area contributed by atoms with Crippen molar-refractivity contribution in [2.75, 3.05) is 5.73 Å². The summed E-state index contributed by atoms with van der Waals surface area (Å²) in [5.74, 6) is -0.184. The van der Waals surface area contributed by atoms with Gasteiger partial charge in [-0.25, -0.2) is 4.98 Å². The van der Waals surface area contributed by atoms with Crippen LogP contribution in [0.4, 0.5) is 5.69 Å². The topological polar surface area (TPSA) is 110 Å². The van der Waals surface area contributed by atoms with Crippen LogP contribution in [-0.4, -0.2) is 25.8 Å². The van der Waals surface area contributed by atoms with E-state index in [-0.39, 0.29) is 5.91 Å². The minimum absolute atomic E-state index is 0.184. The smallest absolute Gasteiger partial charge is 0.253 e. The van der Waals surface area contributed by atoms with E-state index in [1.807, 2.05) is 48.7 Å². The summed E-state index contributed by atoms with van der Waals surface area (Å²) in [6.45, 7) is 0.407. The zero-order valence-electron chi connectivity index (χ0n) is 16.0. The number of nitrogens with zero attached hydrogens (tertiary/aromatic N) is 3. The number of nitrogens with two attached hydrogens (primary N) is 1. The molecule has 0 atom stereocenters. The van der Waals surface area contributed by atoms with Gasteiger partial charge in [-0.3, -0.25) is 14.8 Å². The van der Waals surface area contributed by atoms with Gasteiger partial charge in [-0.05, 0) is 41.5 Å². The van der Waals surface area contributed by atoms with Crippen molar-refractivity contribution in [3.8, 4) is 11.1 Å². The molecule has 0 fully saturated rings. The van der Waals surface area contributed by atoms with Gasteiger partial charge in [-0.1, -0.05) is 12.1 Å². The van der Waals surface area contributed by atoms with Crippen molar-refractivity contribution in [2.24, 2.45) is 0 Å². The minimum Gasteiger partial charge on any atom is -0.397 e. The maximum absolute atomic E-state index is 12.6. The van der Waals surface area contributed by atoms with E-state index in [0.717, 1.165) is 38.6 Å². The first-order chi connectivity index (χ1) is 14.7. The van der Waals surface area contributed by atoms with Gasteiger partial charge in [0.15, 0.2) is 0 Å². The standard InChI is InChI=1S/C23H18N6O/c24-18-7-16-6-15(3-4-21(16)26-12-18)20-13-28-22-19(20)8-17(11-27-22)23(30)29-10-14-2-1-5-25-9-14/h1-9,11-13H,10,24H2,(H,27,28)(H,29,30). The molecule has 0 aliphatic rings. The number of hydrogen-bond donors (Lipinski definition) is 3. The fraction of sp³-hybridized carbons (Fsp3) is 0.0435. The average Bonchev–Trinajstić information content (AvgIpc) is 3.21. The number of fused-ring (bicyclic) bond motifs is 2. The Morgan fingerprint density at radius 2 is 2.00 bits per heavy atom. The second-order valence-corrected chi connectivity index (χ2v) is 7.04. The summed E-state index contributed by atoms with van der Waals surface area (Å²) in [6.07, 6.45) is 8.55. The number of carbonyl (C=O) groups is 1. The van der Waals surface area contributed by atoms with Crippen molar-refractivity contribution in [1.29, 1.82) is 0 Å². The fourth-order valence-corrected chi connectivity index (χ4v) is 3.47. The number of aromatic amines is 1. The van der Waals surface area contributed by atoms with Gasteiger partial charge in [0.1, 0.15) is 5.65 Å². The van der Waals surface area contributed by atoms with Gasteiger partial charge in [0.25, 0.3) is 5.91 Å². The number of nitrogens with one attached hydrogen (secondary N) is 2. The lowest BCUT2D eigenvalue weighted by molar-refractivity contribution is 0.0950. The Morgan fingerprint density at radius 3 is 2.87 bits per heavy atom. The van der Waals surface area contributed by atoms with E-state index in [4.69, 9.17) is 5.73 Å². The fourth-order valence-electron chi connectivity index (χ4n) is 3.47. The normalized spacial score (nSPS) is 11.1. The minimum atomic E-state index is -0.184. The molecule has 0 unspecified atom stereocenters. The highest BCUT2D eigenvalue weighted by atomic mass is 16.1. The highest BCUT2D eigenvalue weighted by Gasteiger charge is 2.12.